The summed E-state index contributed by atoms with van der Waals surface area (Å²) >= 11 is 3.41. The second-order valence-electron chi connectivity index (χ2n) is 5.59. The average molecular weight is 390 g/mol. The zero-order valence-electron chi connectivity index (χ0n) is 13.2. The van der Waals surface area contributed by atoms with Gasteiger partial charge in [-0.3, -0.25) is 9.59 Å². The van der Waals surface area contributed by atoms with Crippen LogP contribution in [0.3, 0.4) is 0 Å². The predicted molar refractivity (Wildman–Crippen MR) is 92.6 cm³/mol. The molecule has 2 aromatic rings. The van der Waals surface area contributed by atoms with Crippen LogP contribution in [0, 0.1) is 0 Å². The van der Waals surface area contributed by atoms with Gasteiger partial charge in [-0.25, -0.2) is 4.79 Å². The molecule has 0 atom stereocenters. The smallest absolute Gasteiger partial charge is 0.340 e. The SMILES string of the molecule is CCOC(=O)c1cc(Cc2cccc(Br)c2)c(=O)n2c1C(=O)CC2. The van der Waals surface area contributed by atoms with E-state index in [1.54, 1.807) is 6.92 Å². The Kier molecular flexibility index (Phi) is 4.66. The Labute approximate surface area is 147 Å². The van der Waals surface area contributed by atoms with Crippen molar-refractivity contribution < 1.29 is 14.3 Å². The van der Waals surface area contributed by atoms with E-state index in [2.05, 4.69) is 15.9 Å². The molecule has 0 amide bonds. The standard InChI is InChI=1S/C18H16BrNO4/c1-2-24-18(23)14-10-12(8-11-4-3-5-13(19)9-11)17(22)20-7-6-15(21)16(14)20/h3-5,9-10H,2,6-8H2,1H3. The molecule has 2 heterocycles. The minimum absolute atomic E-state index is 0.177. The molecule has 1 aliphatic rings. The number of ether oxygens (including phenoxy) is 1. The molecule has 124 valence electrons. The maximum atomic E-state index is 12.7. The number of esters is 1. The summed E-state index contributed by atoms with van der Waals surface area (Å²) < 4.78 is 7.37. The molecule has 0 aliphatic carbocycles. The van der Waals surface area contributed by atoms with Crippen molar-refractivity contribution in [3.05, 3.63) is 67.5 Å². The number of pyridine rings is 1. The van der Waals surface area contributed by atoms with Gasteiger partial charge in [0.25, 0.3) is 5.56 Å². The van der Waals surface area contributed by atoms with Crippen LogP contribution in [0.4, 0.5) is 0 Å². The van der Waals surface area contributed by atoms with Crippen molar-refractivity contribution in [1.29, 1.82) is 0 Å². The molecule has 1 aliphatic heterocycles. The van der Waals surface area contributed by atoms with Crippen LogP contribution in [0.15, 0.2) is 39.6 Å². The Balaban J connectivity index is 2.11. The molecule has 0 spiro atoms. The molecule has 1 aromatic carbocycles. The van der Waals surface area contributed by atoms with Crippen molar-refractivity contribution in [1.82, 2.24) is 4.57 Å². The first-order valence-corrected chi connectivity index (χ1v) is 8.52. The molecule has 0 bridgehead atoms. The van der Waals surface area contributed by atoms with E-state index in [1.807, 2.05) is 24.3 Å². The van der Waals surface area contributed by atoms with Crippen LogP contribution >= 0.6 is 15.9 Å². The second kappa shape index (κ2) is 6.73. The fraction of sp³-hybridized carbons (Fsp3) is 0.278. The normalized spacial score (nSPS) is 13.0. The zero-order chi connectivity index (χ0) is 17.3. The number of Topliss-reactive ketones (excluding diaryl/α,β-unsaturated/α-hetero) is 1. The minimum Gasteiger partial charge on any atom is -0.462 e. The maximum absolute atomic E-state index is 12.7. The molecule has 0 fully saturated rings. The predicted octanol–water partition coefficient (Wildman–Crippen LogP) is 2.96. The number of rotatable bonds is 4. The third kappa shape index (κ3) is 3.06. The van der Waals surface area contributed by atoms with Gasteiger partial charge in [0, 0.05) is 29.4 Å². The highest BCUT2D eigenvalue weighted by Gasteiger charge is 2.29. The van der Waals surface area contributed by atoms with Gasteiger partial charge in [-0.05, 0) is 30.7 Å². The number of fused-ring (bicyclic) bond motifs is 1. The van der Waals surface area contributed by atoms with Gasteiger partial charge in [0.2, 0.25) is 0 Å². The quantitative estimate of drug-likeness (QED) is 0.753. The van der Waals surface area contributed by atoms with Crippen molar-refractivity contribution in [2.75, 3.05) is 6.61 Å². The lowest BCUT2D eigenvalue weighted by Crippen LogP contribution is -2.27. The lowest BCUT2D eigenvalue weighted by Gasteiger charge is -2.11. The third-order valence-corrected chi connectivity index (χ3v) is 4.46. The molecule has 0 N–H and O–H groups in total. The van der Waals surface area contributed by atoms with Gasteiger partial charge in [-0.15, -0.1) is 0 Å². The lowest BCUT2D eigenvalue weighted by atomic mass is 10.0. The van der Waals surface area contributed by atoms with Crippen LogP contribution in [0.5, 0.6) is 0 Å². The minimum atomic E-state index is -0.563. The summed E-state index contributed by atoms with van der Waals surface area (Å²) in [5.41, 5.74) is 1.57. The van der Waals surface area contributed by atoms with Crippen LogP contribution in [0.2, 0.25) is 0 Å². The number of hydrogen-bond donors (Lipinski definition) is 0. The fourth-order valence-corrected chi connectivity index (χ4v) is 3.38. The van der Waals surface area contributed by atoms with Gasteiger partial charge >= 0.3 is 5.97 Å². The molecule has 24 heavy (non-hydrogen) atoms. The highest BCUT2D eigenvalue weighted by molar-refractivity contribution is 9.10. The van der Waals surface area contributed by atoms with Crippen LogP contribution in [-0.2, 0) is 17.7 Å². The first kappa shape index (κ1) is 16.6. The topological polar surface area (TPSA) is 65.4 Å². The van der Waals surface area contributed by atoms with Crippen molar-refractivity contribution in [3.8, 4) is 0 Å². The van der Waals surface area contributed by atoms with E-state index < -0.39 is 5.97 Å². The number of aromatic nitrogens is 1. The molecule has 0 radical (unpaired) electrons. The average Bonchev–Trinajstić information content (AvgIpc) is 2.93. The number of ketones is 1. The summed E-state index contributed by atoms with van der Waals surface area (Å²) in [6.45, 7) is 2.23. The molecule has 0 saturated carbocycles. The maximum Gasteiger partial charge on any atom is 0.340 e. The number of halogens is 1. The van der Waals surface area contributed by atoms with E-state index in [4.69, 9.17) is 4.74 Å². The van der Waals surface area contributed by atoms with Gasteiger partial charge in [0.05, 0.1) is 12.2 Å². The van der Waals surface area contributed by atoms with Gasteiger partial charge in [0.15, 0.2) is 5.78 Å². The monoisotopic (exact) mass is 389 g/mol. The Bertz CT molecular complexity index is 885. The number of carbonyl (C=O) groups excluding carboxylic acids is 2. The van der Waals surface area contributed by atoms with Crippen molar-refractivity contribution >= 4 is 27.7 Å². The lowest BCUT2D eigenvalue weighted by molar-refractivity contribution is 0.0522. The van der Waals surface area contributed by atoms with Crippen molar-refractivity contribution in [3.63, 3.8) is 0 Å². The molecule has 1 aromatic heterocycles. The van der Waals surface area contributed by atoms with Crippen LogP contribution in [-0.4, -0.2) is 22.9 Å². The zero-order valence-corrected chi connectivity index (χ0v) is 14.8. The van der Waals surface area contributed by atoms with Crippen LogP contribution < -0.4 is 5.56 Å². The van der Waals surface area contributed by atoms with E-state index >= 15 is 0 Å². The second-order valence-corrected chi connectivity index (χ2v) is 6.50. The molecule has 0 unspecified atom stereocenters. The first-order chi connectivity index (χ1) is 11.5. The number of hydrogen-bond acceptors (Lipinski definition) is 4. The van der Waals surface area contributed by atoms with Crippen molar-refractivity contribution in [2.45, 2.75) is 26.3 Å². The Morgan fingerprint density at radius 2 is 2.08 bits per heavy atom. The Hall–Kier alpha value is -2.21. The van der Waals surface area contributed by atoms with Crippen LogP contribution in [0.25, 0.3) is 0 Å². The van der Waals surface area contributed by atoms with Gasteiger partial charge < -0.3 is 9.30 Å². The first-order valence-electron chi connectivity index (χ1n) is 7.72. The molecule has 0 saturated heterocycles. The number of nitrogens with zero attached hydrogens (tertiary/aromatic N) is 1. The summed E-state index contributed by atoms with van der Waals surface area (Å²) in [4.78, 5) is 37.0. The highest BCUT2D eigenvalue weighted by atomic mass is 79.9. The molecule has 5 nitrogen and oxygen atoms in total. The summed E-state index contributed by atoms with van der Waals surface area (Å²) in [5, 5.41) is 0. The Morgan fingerprint density at radius 1 is 1.29 bits per heavy atom. The highest BCUT2D eigenvalue weighted by Crippen LogP contribution is 2.21. The Morgan fingerprint density at radius 3 is 2.79 bits per heavy atom. The van der Waals surface area contributed by atoms with Gasteiger partial charge in [0.1, 0.15) is 5.69 Å². The summed E-state index contributed by atoms with van der Waals surface area (Å²) in [5.74, 6) is -0.754. The molecule has 3 rings (SSSR count). The van der Waals surface area contributed by atoms with Crippen LogP contribution in [0.1, 0.15) is 45.3 Å². The van der Waals surface area contributed by atoms with Gasteiger partial charge in [-0.1, -0.05) is 28.1 Å². The molecular weight excluding hydrogens is 374 g/mol. The largest absolute Gasteiger partial charge is 0.462 e. The number of carbonyl (C=O) groups is 2. The molecule has 6 heteroatoms. The third-order valence-electron chi connectivity index (χ3n) is 3.97. The van der Waals surface area contributed by atoms with E-state index in [9.17, 15) is 14.4 Å². The molecular formula is C18H16BrNO4. The van der Waals surface area contributed by atoms with E-state index in [-0.39, 0.29) is 35.6 Å². The van der Waals surface area contributed by atoms with Crippen molar-refractivity contribution in [2.24, 2.45) is 0 Å². The van der Waals surface area contributed by atoms with Gasteiger partial charge in [-0.2, -0.15) is 0 Å². The summed E-state index contributed by atoms with van der Waals surface area (Å²) in [6.07, 6.45) is 0.626. The number of benzene rings is 1. The fourth-order valence-electron chi connectivity index (χ4n) is 2.93. The van der Waals surface area contributed by atoms with E-state index in [0.717, 1.165) is 10.0 Å². The van der Waals surface area contributed by atoms with E-state index in [0.29, 0.717) is 18.5 Å². The summed E-state index contributed by atoms with van der Waals surface area (Å²) in [7, 11) is 0. The van der Waals surface area contributed by atoms with E-state index in [1.165, 1.54) is 10.6 Å². The summed E-state index contributed by atoms with van der Waals surface area (Å²) in [6, 6.07) is 9.14.